The second-order valence-electron chi connectivity index (χ2n) is 9.71. The Morgan fingerprint density at radius 2 is 2.11 bits per heavy atom. The molecule has 38 heavy (non-hydrogen) atoms. The van der Waals surface area contributed by atoms with Crippen molar-refractivity contribution in [2.24, 2.45) is 0 Å². The first-order valence-electron chi connectivity index (χ1n) is 12.3. The van der Waals surface area contributed by atoms with E-state index in [1.165, 1.54) is 4.90 Å². The topological polar surface area (TPSA) is 159 Å². The average Bonchev–Trinajstić information content (AvgIpc) is 3.49. The summed E-state index contributed by atoms with van der Waals surface area (Å²) < 4.78 is 39.2. The molecule has 1 amide bonds. The lowest BCUT2D eigenvalue weighted by Crippen LogP contribution is -2.55. The van der Waals surface area contributed by atoms with Crippen molar-refractivity contribution in [3.8, 4) is 34.7 Å². The van der Waals surface area contributed by atoms with Gasteiger partial charge in [0.15, 0.2) is 0 Å². The molecule has 0 spiro atoms. The minimum absolute atomic E-state index is 0.0773. The molecule has 0 saturated carbocycles. The van der Waals surface area contributed by atoms with Gasteiger partial charge in [-0.05, 0) is 56.0 Å². The van der Waals surface area contributed by atoms with Crippen molar-refractivity contribution in [2.45, 2.75) is 44.9 Å². The minimum Gasteiger partial charge on any atom is -0.490 e. The number of nitrogens with zero attached hydrogens (tertiary/aromatic N) is 4. The van der Waals surface area contributed by atoms with Gasteiger partial charge in [-0.1, -0.05) is 23.4 Å². The number of amides is 1. The molecule has 2 heterocycles. The van der Waals surface area contributed by atoms with Gasteiger partial charge in [0.05, 0.1) is 17.8 Å². The number of β-amino-alcohol motifs (C(OH)–C–C–N with tert-alkyl or cyclic N) is 1. The summed E-state index contributed by atoms with van der Waals surface area (Å²) in [6, 6.07) is 12.2. The number of fused-ring (bicyclic) bond motifs is 1. The molecule has 1 fully saturated rings. The van der Waals surface area contributed by atoms with Gasteiger partial charge in [0.25, 0.3) is 5.89 Å². The monoisotopic (exact) mass is 537 g/mol. The van der Waals surface area contributed by atoms with E-state index in [2.05, 4.69) is 20.9 Å². The lowest BCUT2D eigenvalue weighted by atomic mass is 10.0. The van der Waals surface area contributed by atoms with Crippen LogP contribution in [-0.2, 0) is 21.2 Å². The highest BCUT2D eigenvalue weighted by molar-refractivity contribution is 7.90. The Balaban J connectivity index is 1.34. The second-order valence-corrected chi connectivity index (χ2v) is 11.5. The number of sulfonamides is 1. The number of rotatable bonds is 8. The van der Waals surface area contributed by atoms with Crippen LogP contribution in [0.3, 0.4) is 0 Å². The number of nitriles is 1. The van der Waals surface area contributed by atoms with Gasteiger partial charge in [-0.2, -0.15) is 10.2 Å². The van der Waals surface area contributed by atoms with Gasteiger partial charge < -0.3 is 19.3 Å². The molecule has 1 unspecified atom stereocenters. The van der Waals surface area contributed by atoms with Crippen LogP contribution in [0, 0.1) is 11.3 Å². The number of carbonyl (C=O) groups is 1. The van der Waals surface area contributed by atoms with Crippen molar-refractivity contribution in [3.63, 3.8) is 0 Å². The van der Waals surface area contributed by atoms with Crippen LogP contribution in [0.4, 0.5) is 0 Å². The number of aromatic nitrogens is 2. The zero-order valence-corrected chi connectivity index (χ0v) is 21.7. The van der Waals surface area contributed by atoms with Crippen LogP contribution in [0.5, 0.6) is 5.75 Å². The molecule has 0 bridgehead atoms. The van der Waals surface area contributed by atoms with Gasteiger partial charge in [-0.25, -0.2) is 13.1 Å². The molecule has 2 aliphatic rings. The number of likely N-dealkylation sites (tertiary alicyclic amines) is 1. The van der Waals surface area contributed by atoms with E-state index < -0.39 is 33.8 Å². The highest BCUT2D eigenvalue weighted by Crippen LogP contribution is 2.38. The first kappa shape index (κ1) is 25.8. The predicted octanol–water partition coefficient (Wildman–Crippen LogP) is 2.17. The molecule has 0 radical (unpaired) electrons. The van der Waals surface area contributed by atoms with E-state index >= 15 is 0 Å². The first-order valence-corrected chi connectivity index (χ1v) is 13.9. The van der Waals surface area contributed by atoms with Crippen LogP contribution in [0.15, 0.2) is 40.9 Å². The third kappa shape index (κ3) is 5.26. The van der Waals surface area contributed by atoms with Crippen LogP contribution in [0.1, 0.15) is 43.0 Å². The highest BCUT2D eigenvalue weighted by atomic mass is 32.2. The molecule has 12 heteroatoms. The molecule has 2 aromatic carbocycles. The quantitative estimate of drug-likeness (QED) is 0.439. The van der Waals surface area contributed by atoms with Gasteiger partial charge in [0, 0.05) is 30.3 Å². The van der Waals surface area contributed by atoms with Crippen LogP contribution in [-0.4, -0.2) is 65.5 Å². The van der Waals surface area contributed by atoms with E-state index in [1.54, 1.807) is 24.3 Å². The number of benzene rings is 2. The number of carbonyl (C=O) groups excluding carboxylic acids is 1. The fourth-order valence-corrected chi connectivity index (χ4v) is 5.98. The predicted molar refractivity (Wildman–Crippen MR) is 136 cm³/mol. The number of aliphatic hydroxyl groups excluding tert-OH is 1. The van der Waals surface area contributed by atoms with Crippen molar-refractivity contribution in [2.75, 3.05) is 18.8 Å². The molecule has 198 valence electrons. The summed E-state index contributed by atoms with van der Waals surface area (Å²) in [5, 5.41) is 23.0. The second kappa shape index (κ2) is 10.2. The average molecular weight is 538 g/mol. The summed E-state index contributed by atoms with van der Waals surface area (Å²) >= 11 is 0. The standard InChI is InChI=1S/C26H27N5O6S/c1-15(2)36-23-9-6-16(10-17(23)11-27)26-28-25(29-37-26)21-5-3-4-20-19(21)7-8-22(20)30-38(34,35)14-24(33)31-12-18(32)13-31/h3-6,9-10,15,18,22,30,32H,7-8,12-14H2,1-2H3. The fraction of sp³-hybridized carbons (Fsp3) is 0.385. The Hall–Kier alpha value is -3.79. The lowest BCUT2D eigenvalue weighted by molar-refractivity contribution is -0.138. The molecular formula is C26H27N5O6S. The van der Waals surface area contributed by atoms with E-state index in [-0.39, 0.29) is 25.1 Å². The van der Waals surface area contributed by atoms with Crippen molar-refractivity contribution in [1.82, 2.24) is 19.8 Å². The van der Waals surface area contributed by atoms with Crippen LogP contribution >= 0.6 is 0 Å². The smallest absolute Gasteiger partial charge is 0.258 e. The Kier molecular flexibility index (Phi) is 6.92. The Labute approximate surface area is 220 Å². The number of hydrogen-bond donors (Lipinski definition) is 2. The normalized spacial score (nSPS) is 17.2. The third-order valence-electron chi connectivity index (χ3n) is 6.50. The van der Waals surface area contributed by atoms with Gasteiger partial charge in [0.1, 0.15) is 17.6 Å². The Bertz CT molecular complexity index is 1520. The van der Waals surface area contributed by atoms with Gasteiger partial charge in [-0.3, -0.25) is 4.79 Å². The number of hydrogen-bond acceptors (Lipinski definition) is 9. The minimum atomic E-state index is -3.88. The third-order valence-corrected chi connectivity index (χ3v) is 7.77. The Morgan fingerprint density at radius 1 is 1.32 bits per heavy atom. The largest absolute Gasteiger partial charge is 0.490 e. The summed E-state index contributed by atoms with van der Waals surface area (Å²) in [4.78, 5) is 18.1. The summed E-state index contributed by atoms with van der Waals surface area (Å²) in [5.74, 6) is -0.115. The number of aliphatic hydroxyl groups is 1. The first-order chi connectivity index (χ1) is 18.1. The zero-order chi connectivity index (χ0) is 27.0. The molecule has 5 rings (SSSR count). The number of ether oxygens (including phenoxy) is 1. The summed E-state index contributed by atoms with van der Waals surface area (Å²) in [6.07, 6.45) is 0.447. The zero-order valence-electron chi connectivity index (χ0n) is 20.9. The molecule has 1 atom stereocenters. The molecule has 3 aromatic rings. The van der Waals surface area contributed by atoms with E-state index in [0.29, 0.717) is 35.5 Å². The van der Waals surface area contributed by atoms with Crippen molar-refractivity contribution in [3.05, 3.63) is 53.1 Å². The summed E-state index contributed by atoms with van der Waals surface area (Å²) in [5.41, 5.74) is 3.36. The molecule has 1 saturated heterocycles. The lowest BCUT2D eigenvalue weighted by Gasteiger charge is -2.35. The fourth-order valence-electron chi connectivity index (χ4n) is 4.71. The van der Waals surface area contributed by atoms with E-state index in [9.17, 15) is 23.6 Å². The highest BCUT2D eigenvalue weighted by Gasteiger charge is 2.34. The van der Waals surface area contributed by atoms with Gasteiger partial charge in [-0.15, -0.1) is 0 Å². The molecule has 11 nitrogen and oxygen atoms in total. The van der Waals surface area contributed by atoms with Gasteiger partial charge in [0.2, 0.25) is 21.8 Å². The van der Waals surface area contributed by atoms with Crippen molar-refractivity contribution >= 4 is 15.9 Å². The van der Waals surface area contributed by atoms with Crippen LogP contribution in [0.2, 0.25) is 0 Å². The molecule has 1 aliphatic heterocycles. The van der Waals surface area contributed by atoms with E-state index in [0.717, 1.165) is 16.7 Å². The van der Waals surface area contributed by atoms with E-state index in [4.69, 9.17) is 9.26 Å². The van der Waals surface area contributed by atoms with Crippen molar-refractivity contribution in [1.29, 1.82) is 5.26 Å². The van der Waals surface area contributed by atoms with Crippen LogP contribution in [0.25, 0.3) is 22.8 Å². The van der Waals surface area contributed by atoms with Gasteiger partial charge >= 0.3 is 0 Å². The van der Waals surface area contributed by atoms with E-state index in [1.807, 2.05) is 26.0 Å². The molecule has 1 aromatic heterocycles. The molecular weight excluding hydrogens is 510 g/mol. The van der Waals surface area contributed by atoms with Crippen LogP contribution < -0.4 is 9.46 Å². The maximum absolute atomic E-state index is 12.7. The summed E-state index contributed by atoms with van der Waals surface area (Å²) in [7, 11) is -3.88. The molecule has 1 aliphatic carbocycles. The summed E-state index contributed by atoms with van der Waals surface area (Å²) in [6.45, 7) is 4.08. The SMILES string of the molecule is CC(C)Oc1ccc(-c2nc(-c3cccc4c3CCC4NS(=O)(=O)CC(=O)N3CC(O)C3)no2)cc1C#N. The maximum atomic E-state index is 12.7. The van der Waals surface area contributed by atoms with Crippen molar-refractivity contribution < 1.29 is 27.6 Å². The Morgan fingerprint density at radius 3 is 2.82 bits per heavy atom. The maximum Gasteiger partial charge on any atom is 0.258 e. The molecule has 2 N–H and O–H groups in total. The number of nitrogens with one attached hydrogen (secondary N) is 1.